The van der Waals surface area contributed by atoms with Gasteiger partial charge in [0, 0.05) is 24.4 Å². The molecular formula is C15H19N3OS. The Balaban J connectivity index is 2.20. The van der Waals surface area contributed by atoms with Gasteiger partial charge in [0.05, 0.1) is 0 Å². The van der Waals surface area contributed by atoms with Crippen LogP contribution in [0.15, 0.2) is 35.2 Å². The first-order chi connectivity index (χ1) is 9.75. The lowest BCUT2D eigenvalue weighted by Crippen LogP contribution is -2.01. The lowest BCUT2D eigenvalue weighted by molar-refractivity contribution is 0.458. The van der Waals surface area contributed by atoms with E-state index in [2.05, 4.69) is 28.5 Å². The Morgan fingerprint density at radius 2 is 1.95 bits per heavy atom. The van der Waals surface area contributed by atoms with E-state index < -0.39 is 0 Å². The number of benzene rings is 1. The van der Waals surface area contributed by atoms with Crippen LogP contribution < -0.4 is 10.1 Å². The SMILES string of the molecule is CCCc1nc(NC)cc(Oc2ccc(SC)cc2)n1. The number of anilines is 1. The molecule has 0 unspecified atom stereocenters. The van der Waals surface area contributed by atoms with Crippen LogP contribution in [0.4, 0.5) is 5.82 Å². The van der Waals surface area contributed by atoms with E-state index in [1.807, 2.05) is 37.4 Å². The zero-order valence-electron chi connectivity index (χ0n) is 12.0. The largest absolute Gasteiger partial charge is 0.439 e. The summed E-state index contributed by atoms with van der Waals surface area (Å²) in [4.78, 5) is 10.0. The first-order valence-corrected chi connectivity index (χ1v) is 7.85. The van der Waals surface area contributed by atoms with Crippen molar-refractivity contribution in [1.29, 1.82) is 0 Å². The lowest BCUT2D eigenvalue weighted by Gasteiger charge is -2.09. The molecule has 0 aliphatic heterocycles. The minimum atomic E-state index is 0.574. The van der Waals surface area contributed by atoms with Crippen LogP contribution in [0, 0.1) is 0 Å². The van der Waals surface area contributed by atoms with Crippen molar-refractivity contribution in [2.45, 2.75) is 24.7 Å². The fourth-order valence-corrected chi connectivity index (χ4v) is 2.16. The molecule has 4 nitrogen and oxygen atoms in total. The summed E-state index contributed by atoms with van der Waals surface area (Å²) in [6.45, 7) is 2.11. The van der Waals surface area contributed by atoms with Crippen LogP contribution in [-0.2, 0) is 6.42 Å². The molecule has 0 radical (unpaired) electrons. The molecule has 0 spiro atoms. The molecule has 0 saturated heterocycles. The summed E-state index contributed by atoms with van der Waals surface area (Å²) >= 11 is 1.71. The number of aromatic nitrogens is 2. The van der Waals surface area contributed by atoms with Crippen LogP contribution in [0.2, 0.25) is 0 Å². The van der Waals surface area contributed by atoms with Crippen molar-refractivity contribution >= 4 is 17.6 Å². The van der Waals surface area contributed by atoms with E-state index in [4.69, 9.17) is 4.74 Å². The van der Waals surface area contributed by atoms with Crippen molar-refractivity contribution in [3.05, 3.63) is 36.2 Å². The minimum Gasteiger partial charge on any atom is -0.439 e. The molecule has 5 heteroatoms. The van der Waals surface area contributed by atoms with Crippen molar-refractivity contribution in [3.8, 4) is 11.6 Å². The van der Waals surface area contributed by atoms with Gasteiger partial charge < -0.3 is 10.1 Å². The van der Waals surface area contributed by atoms with Gasteiger partial charge in [0.2, 0.25) is 5.88 Å². The highest BCUT2D eigenvalue weighted by Gasteiger charge is 2.05. The van der Waals surface area contributed by atoms with Gasteiger partial charge in [-0.05, 0) is 36.9 Å². The summed E-state index contributed by atoms with van der Waals surface area (Å²) in [5.74, 6) is 2.94. The number of hydrogen-bond acceptors (Lipinski definition) is 5. The zero-order valence-corrected chi connectivity index (χ0v) is 12.8. The number of thioether (sulfide) groups is 1. The van der Waals surface area contributed by atoms with Crippen molar-refractivity contribution in [1.82, 2.24) is 9.97 Å². The molecule has 1 N–H and O–H groups in total. The summed E-state index contributed by atoms with van der Waals surface area (Å²) in [6.07, 6.45) is 3.91. The maximum atomic E-state index is 5.81. The highest BCUT2D eigenvalue weighted by atomic mass is 32.2. The smallest absolute Gasteiger partial charge is 0.224 e. The molecule has 0 saturated carbocycles. The number of nitrogens with one attached hydrogen (secondary N) is 1. The maximum absolute atomic E-state index is 5.81. The normalized spacial score (nSPS) is 10.3. The molecule has 106 valence electrons. The molecule has 1 aromatic carbocycles. The Labute approximate surface area is 124 Å². The Hall–Kier alpha value is -1.75. The summed E-state index contributed by atoms with van der Waals surface area (Å²) in [7, 11) is 1.84. The van der Waals surface area contributed by atoms with Crippen LogP contribution in [0.1, 0.15) is 19.2 Å². The van der Waals surface area contributed by atoms with Gasteiger partial charge in [-0.1, -0.05) is 6.92 Å². The maximum Gasteiger partial charge on any atom is 0.224 e. The minimum absolute atomic E-state index is 0.574. The average Bonchev–Trinajstić information content (AvgIpc) is 2.48. The molecule has 0 amide bonds. The van der Waals surface area contributed by atoms with E-state index in [9.17, 15) is 0 Å². The second-order valence-corrected chi connectivity index (χ2v) is 5.16. The molecule has 2 rings (SSSR count). The van der Waals surface area contributed by atoms with Crippen molar-refractivity contribution < 1.29 is 4.74 Å². The third kappa shape index (κ3) is 3.87. The molecule has 0 bridgehead atoms. The van der Waals surface area contributed by atoms with Gasteiger partial charge in [-0.25, -0.2) is 4.98 Å². The van der Waals surface area contributed by atoms with Crippen molar-refractivity contribution in [3.63, 3.8) is 0 Å². The fourth-order valence-electron chi connectivity index (χ4n) is 1.75. The molecule has 1 aromatic heterocycles. The highest BCUT2D eigenvalue weighted by molar-refractivity contribution is 7.98. The number of hydrogen-bond donors (Lipinski definition) is 1. The van der Waals surface area contributed by atoms with Crippen LogP contribution in [0.5, 0.6) is 11.6 Å². The summed E-state index contributed by atoms with van der Waals surface area (Å²) in [5, 5.41) is 3.04. The molecule has 0 aliphatic rings. The summed E-state index contributed by atoms with van der Waals surface area (Å²) < 4.78 is 5.81. The van der Waals surface area contributed by atoms with Gasteiger partial charge in [0.1, 0.15) is 17.4 Å². The first-order valence-electron chi connectivity index (χ1n) is 6.62. The van der Waals surface area contributed by atoms with E-state index >= 15 is 0 Å². The topological polar surface area (TPSA) is 47.0 Å². The van der Waals surface area contributed by atoms with E-state index in [1.165, 1.54) is 4.90 Å². The van der Waals surface area contributed by atoms with Crippen LogP contribution in [0.25, 0.3) is 0 Å². The van der Waals surface area contributed by atoms with E-state index in [1.54, 1.807) is 11.8 Å². The average molecular weight is 289 g/mol. The third-order valence-electron chi connectivity index (χ3n) is 2.76. The van der Waals surface area contributed by atoms with Crippen molar-refractivity contribution in [2.75, 3.05) is 18.6 Å². The molecule has 2 aromatic rings. The molecular weight excluding hydrogens is 270 g/mol. The fraction of sp³-hybridized carbons (Fsp3) is 0.333. The van der Waals surface area contributed by atoms with Gasteiger partial charge in [0.15, 0.2) is 0 Å². The van der Waals surface area contributed by atoms with Gasteiger partial charge >= 0.3 is 0 Å². The molecule has 0 fully saturated rings. The second-order valence-electron chi connectivity index (χ2n) is 4.29. The predicted molar refractivity (Wildman–Crippen MR) is 83.9 cm³/mol. The summed E-state index contributed by atoms with van der Waals surface area (Å²) in [5.41, 5.74) is 0. The molecule has 0 aliphatic carbocycles. The number of rotatable bonds is 6. The monoisotopic (exact) mass is 289 g/mol. The van der Waals surface area contributed by atoms with Gasteiger partial charge in [0.25, 0.3) is 0 Å². The van der Waals surface area contributed by atoms with Crippen molar-refractivity contribution in [2.24, 2.45) is 0 Å². The predicted octanol–water partition coefficient (Wildman–Crippen LogP) is 3.99. The zero-order chi connectivity index (χ0) is 14.4. The van der Waals surface area contributed by atoms with Crippen LogP contribution in [-0.4, -0.2) is 23.3 Å². The van der Waals surface area contributed by atoms with Gasteiger partial charge in [-0.3, -0.25) is 0 Å². The van der Waals surface area contributed by atoms with Gasteiger partial charge in [-0.15, -0.1) is 11.8 Å². The standard InChI is InChI=1S/C15H19N3OS/c1-4-5-13-17-14(16-2)10-15(18-13)19-11-6-8-12(20-3)9-7-11/h6-10H,4-5H2,1-3H3,(H,16,17,18). The van der Waals surface area contributed by atoms with E-state index in [0.29, 0.717) is 5.88 Å². The quantitative estimate of drug-likeness (QED) is 0.815. The highest BCUT2D eigenvalue weighted by Crippen LogP contribution is 2.24. The van der Waals surface area contributed by atoms with Gasteiger partial charge in [-0.2, -0.15) is 4.98 Å². The van der Waals surface area contributed by atoms with E-state index in [0.717, 1.165) is 30.2 Å². The second kappa shape index (κ2) is 7.14. The van der Waals surface area contributed by atoms with Crippen LogP contribution in [0.3, 0.4) is 0 Å². The Morgan fingerprint density at radius 1 is 1.20 bits per heavy atom. The van der Waals surface area contributed by atoms with Crippen LogP contribution >= 0.6 is 11.8 Å². The van der Waals surface area contributed by atoms with E-state index in [-0.39, 0.29) is 0 Å². The molecule has 0 atom stereocenters. The molecule has 20 heavy (non-hydrogen) atoms. The Morgan fingerprint density at radius 3 is 2.55 bits per heavy atom. The lowest BCUT2D eigenvalue weighted by atomic mass is 10.3. The Kier molecular flexibility index (Phi) is 5.24. The summed E-state index contributed by atoms with van der Waals surface area (Å²) in [6, 6.07) is 9.78. The molecule has 1 heterocycles. The number of aryl methyl sites for hydroxylation is 1. The Bertz CT molecular complexity index is 558. The first kappa shape index (κ1) is 14.7. The number of ether oxygens (including phenoxy) is 1. The third-order valence-corrected chi connectivity index (χ3v) is 3.50. The number of nitrogens with zero attached hydrogens (tertiary/aromatic N) is 2.